The number of piperidine rings is 1. The zero-order chi connectivity index (χ0) is 9.68. The highest BCUT2D eigenvalue weighted by molar-refractivity contribution is 7.78. The molecule has 0 aromatic carbocycles. The summed E-state index contributed by atoms with van der Waals surface area (Å²) in [6, 6.07) is 0.228. The van der Waals surface area contributed by atoms with E-state index in [9.17, 15) is 4.79 Å². The Kier molecular flexibility index (Phi) is 4.29. The zero-order valence-corrected chi connectivity index (χ0v) is 9.07. The van der Waals surface area contributed by atoms with Crippen molar-refractivity contribution in [1.29, 1.82) is 0 Å². The molecule has 1 fully saturated rings. The maximum Gasteiger partial charge on any atom is 0.411 e. The third kappa shape index (κ3) is 3.03. The third-order valence-electron chi connectivity index (χ3n) is 2.06. The number of likely N-dealkylation sites (tertiary alicyclic amines) is 1. The minimum atomic E-state index is -0.296. The molecule has 0 aromatic heterocycles. The molecule has 0 radical (unpaired) electrons. The molecule has 1 atom stereocenters. The van der Waals surface area contributed by atoms with Gasteiger partial charge in [0, 0.05) is 13.1 Å². The number of carbonyl (C=O) groups is 1. The van der Waals surface area contributed by atoms with Gasteiger partial charge >= 0.3 is 6.09 Å². The number of nitrogens with zero attached hydrogens (tertiary/aromatic N) is 2. The summed E-state index contributed by atoms with van der Waals surface area (Å²) < 4.78 is 4.52. The summed E-state index contributed by atoms with van der Waals surface area (Å²) in [4.78, 5) is 16.7. The lowest BCUT2D eigenvalue weighted by Crippen LogP contribution is -2.38. The number of hydrogen-bond donors (Lipinski definition) is 0. The van der Waals surface area contributed by atoms with E-state index in [1.54, 1.807) is 4.90 Å². The first-order chi connectivity index (χ1) is 6.27. The lowest BCUT2D eigenvalue weighted by atomic mass is 10.1. The maximum absolute atomic E-state index is 11.0. The Labute approximate surface area is 84.6 Å². The Hall–Kier alpha value is -0.500. The molecular formula is C7H11N2O2PS. The quantitative estimate of drug-likeness (QED) is 0.380. The third-order valence-corrected chi connectivity index (χ3v) is 2.37. The smallest absolute Gasteiger partial charge is 0.411 e. The monoisotopic (exact) mass is 218 g/mol. The Morgan fingerprint density at radius 2 is 2.23 bits per heavy atom. The largest absolute Gasteiger partial charge is 0.435 e. The first-order valence-corrected chi connectivity index (χ1v) is 4.88. The molecule has 1 heterocycles. The fraction of sp³-hybridized carbons (Fsp3) is 0.714. The Bertz CT molecular complexity index is 235. The highest BCUT2D eigenvalue weighted by atomic mass is 32.1. The summed E-state index contributed by atoms with van der Waals surface area (Å²) in [7, 11) is 1.95. The molecule has 1 aliphatic heterocycles. The number of hydrogen-bond acceptors (Lipinski definition) is 4. The van der Waals surface area contributed by atoms with Crippen molar-refractivity contribution in [2.45, 2.75) is 18.9 Å². The molecule has 1 aliphatic rings. The first-order valence-electron chi connectivity index (χ1n) is 4.00. The molecule has 0 spiro atoms. The van der Waals surface area contributed by atoms with Gasteiger partial charge in [0.15, 0.2) is 0 Å². The molecule has 1 unspecified atom stereocenters. The van der Waals surface area contributed by atoms with E-state index < -0.39 is 0 Å². The fourth-order valence-electron chi connectivity index (χ4n) is 1.33. The summed E-state index contributed by atoms with van der Waals surface area (Å²) in [6.07, 6.45) is 1.38. The molecule has 0 N–H and O–H groups in total. The number of carbonyl (C=O) groups excluding carboxylic acids is 1. The van der Waals surface area contributed by atoms with Crippen molar-refractivity contribution in [2.24, 2.45) is 4.99 Å². The second-order valence-electron chi connectivity index (χ2n) is 2.82. The van der Waals surface area contributed by atoms with Gasteiger partial charge in [-0.2, -0.15) is 0 Å². The molecule has 6 heteroatoms. The van der Waals surface area contributed by atoms with E-state index in [-0.39, 0.29) is 12.1 Å². The summed E-state index contributed by atoms with van der Waals surface area (Å²) in [5.74, 6) is 0. The predicted molar refractivity (Wildman–Crippen MR) is 55.8 cm³/mol. The summed E-state index contributed by atoms with van der Waals surface area (Å²) >= 11 is 4.51. The van der Waals surface area contributed by atoms with Crippen LogP contribution in [0.3, 0.4) is 0 Å². The zero-order valence-electron chi connectivity index (χ0n) is 7.10. The van der Waals surface area contributed by atoms with E-state index in [0.717, 1.165) is 12.8 Å². The number of amides is 1. The number of rotatable bonds is 1. The average Bonchev–Trinajstić information content (AvgIpc) is 2.18. The van der Waals surface area contributed by atoms with Gasteiger partial charge in [-0.15, -0.1) is 0 Å². The summed E-state index contributed by atoms with van der Waals surface area (Å²) in [6.45, 7) is 1.36. The molecule has 0 aliphatic carbocycles. The highest BCUT2D eigenvalue weighted by Gasteiger charge is 2.22. The minimum Gasteiger partial charge on any atom is -0.435 e. The summed E-state index contributed by atoms with van der Waals surface area (Å²) in [5, 5.41) is 2.36. The molecule has 4 nitrogen and oxygen atoms in total. The van der Waals surface area contributed by atoms with Crippen molar-refractivity contribution in [2.75, 3.05) is 13.1 Å². The van der Waals surface area contributed by atoms with E-state index in [1.807, 2.05) is 9.47 Å². The van der Waals surface area contributed by atoms with Gasteiger partial charge in [0.2, 0.25) is 0 Å². The second-order valence-corrected chi connectivity index (χ2v) is 3.24. The second kappa shape index (κ2) is 5.28. The molecule has 0 aromatic rings. The minimum absolute atomic E-state index is 0.228. The van der Waals surface area contributed by atoms with Gasteiger partial charge in [0.25, 0.3) is 0 Å². The van der Waals surface area contributed by atoms with Gasteiger partial charge < -0.3 is 9.42 Å². The molecule has 0 saturated carbocycles. The molecule has 1 rings (SSSR count). The van der Waals surface area contributed by atoms with Crippen LogP contribution in [-0.2, 0) is 4.52 Å². The molecule has 0 bridgehead atoms. The van der Waals surface area contributed by atoms with Crippen molar-refractivity contribution in [3.8, 4) is 0 Å². The molecule has 1 saturated heterocycles. The van der Waals surface area contributed by atoms with Crippen LogP contribution in [0.4, 0.5) is 4.79 Å². The summed E-state index contributed by atoms with van der Waals surface area (Å²) in [5.41, 5.74) is 0. The van der Waals surface area contributed by atoms with Crippen molar-refractivity contribution in [3.05, 3.63) is 0 Å². The fourth-order valence-corrected chi connectivity index (χ4v) is 1.62. The van der Waals surface area contributed by atoms with E-state index >= 15 is 0 Å². The topological polar surface area (TPSA) is 41.9 Å². The van der Waals surface area contributed by atoms with E-state index in [1.165, 1.54) is 0 Å². The van der Waals surface area contributed by atoms with Gasteiger partial charge in [0.05, 0.1) is 20.7 Å². The Balaban J connectivity index is 2.38. The van der Waals surface area contributed by atoms with E-state index in [0.29, 0.717) is 13.1 Å². The van der Waals surface area contributed by atoms with Crippen LogP contribution in [0, 0.1) is 0 Å². The average molecular weight is 218 g/mol. The van der Waals surface area contributed by atoms with Crippen LogP contribution in [0.5, 0.6) is 0 Å². The van der Waals surface area contributed by atoms with E-state index in [4.69, 9.17) is 0 Å². The molecule has 1 amide bonds. The van der Waals surface area contributed by atoms with Crippen LogP contribution in [0.2, 0.25) is 0 Å². The van der Waals surface area contributed by atoms with Crippen molar-refractivity contribution in [1.82, 2.24) is 4.90 Å². The SMILES string of the molecule is O=C(OP)N1CCC(N=C=S)CC1. The lowest BCUT2D eigenvalue weighted by Gasteiger charge is -2.28. The maximum atomic E-state index is 11.0. The standard InChI is InChI=1S/C7H11N2O2PS/c10-7(11-12)9-3-1-6(2-4-9)8-5-13/h6H,1-4,12H2. The predicted octanol–water partition coefficient (Wildman–Crippen LogP) is 1.48. The number of isothiocyanates is 1. The van der Waals surface area contributed by atoms with Crippen LogP contribution < -0.4 is 0 Å². The van der Waals surface area contributed by atoms with Crippen molar-refractivity contribution >= 4 is 32.9 Å². The van der Waals surface area contributed by atoms with Crippen LogP contribution in [0.25, 0.3) is 0 Å². The van der Waals surface area contributed by atoms with Gasteiger partial charge in [-0.05, 0) is 25.1 Å². The van der Waals surface area contributed by atoms with E-state index in [2.05, 4.69) is 26.9 Å². The van der Waals surface area contributed by atoms with Crippen LogP contribution in [-0.4, -0.2) is 35.3 Å². The van der Waals surface area contributed by atoms with Crippen molar-refractivity contribution in [3.63, 3.8) is 0 Å². The lowest BCUT2D eigenvalue weighted by molar-refractivity contribution is 0.146. The molecule has 72 valence electrons. The molecular weight excluding hydrogens is 207 g/mol. The Morgan fingerprint density at radius 3 is 2.69 bits per heavy atom. The van der Waals surface area contributed by atoms with Crippen molar-refractivity contribution < 1.29 is 9.32 Å². The Morgan fingerprint density at radius 1 is 1.62 bits per heavy atom. The molecule has 13 heavy (non-hydrogen) atoms. The number of aliphatic imine (C=N–C) groups is 1. The van der Waals surface area contributed by atoms with Crippen LogP contribution >= 0.6 is 21.7 Å². The normalized spacial score (nSPS) is 17.8. The number of thiocarbonyl (C=S) groups is 1. The van der Waals surface area contributed by atoms with Gasteiger partial charge in [-0.3, -0.25) is 0 Å². The first kappa shape index (κ1) is 10.6. The highest BCUT2D eigenvalue weighted by Crippen LogP contribution is 2.14. The van der Waals surface area contributed by atoms with Gasteiger partial charge in [0.1, 0.15) is 0 Å². The van der Waals surface area contributed by atoms with Crippen LogP contribution in [0.15, 0.2) is 4.99 Å². The van der Waals surface area contributed by atoms with Crippen LogP contribution in [0.1, 0.15) is 12.8 Å². The van der Waals surface area contributed by atoms with Gasteiger partial charge in [-0.25, -0.2) is 9.79 Å². The van der Waals surface area contributed by atoms with Gasteiger partial charge in [-0.1, -0.05) is 0 Å².